The van der Waals surface area contributed by atoms with E-state index in [-0.39, 0.29) is 17.7 Å². The fourth-order valence-corrected chi connectivity index (χ4v) is 2.86. The second-order valence-electron chi connectivity index (χ2n) is 6.02. The molecule has 19 heavy (non-hydrogen) atoms. The van der Waals surface area contributed by atoms with E-state index >= 15 is 0 Å². The fourth-order valence-electron chi connectivity index (χ4n) is 2.86. The minimum absolute atomic E-state index is 0.0972. The molecule has 0 spiro atoms. The van der Waals surface area contributed by atoms with E-state index in [0.717, 1.165) is 12.8 Å². The second-order valence-corrected chi connectivity index (χ2v) is 6.02. The molecule has 2 aliphatic rings. The zero-order valence-corrected chi connectivity index (χ0v) is 12.1. The SMILES string of the molecule is CC(C)/C=C/C(=O)NC1=CC(=O)[C@]2(C)CC[C@H](C)N12. The zero-order valence-electron chi connectivity index (χ0n) is 12.1. The topological polar surface area (TPSA) is 49.4 Å². The molecule has 1 amide bonds. The number of amides is 1. The number of rotatable bonds is 3. The number of nitrogens with one attached hydrogen (secondary N) is 1. The predicted octanol–water partition coefficient (Wildman–Crippen LogP) is 1.98. The Hall–Kier alpha value is -1.58. The van der Waals surface area contributed by atoms with E-state index in [0.29, 0.717) is 11.7 Å². The summed E-state index contributed by atoms with van der Waals surface area (Å²) in [6.45, 7) is 8.08. The highest BCUT2D eigenvalue weighted by Crippen LogP contribution is 2.41. The molecule has 0 aromatic carbocycles. The summed E-state index contributed by atoms with van der Waals surface area (Å²) in [6, 6.07) is 0.289. The van der Waals surface area contributed by atoms with Gasteiger partial charge in [0, 0.05) is 12.1 Å². The van der Waals surface area contributed by atoms with Crippen molar-refractivity contribution in [3.63, 3.8) is 0 Å². The summed E-state index contributed by atoms with van der Waals surface area (Å²) in [7, 11) is 0. The average molecular weight is 262 g/mol. The second kappa shape index (κ2) is 4.83. The average Bonchev–Trinajstić information content (AvgIpc) is 2.74. The monoisotopic (exact) mass is 262 g/mol. The van der Waals surface area contributed by atoms with E-state index in [2.05, 4.69) is 17.1 Å². The lowest BCUT2D eigenvalue weighted by atomic mass is 9.96. The van der Waals surface area contributed by atoms with Crippen molar-refractivity contribution in [3.05, 3.63) is 24.0 Å². The van der Waals surface area contributed by atoms with Crippen molar-refractivity contribution in [2.45, 2.75) is 52.1 Å². The van der Waals surface area contributed by atoms with Gasteiger partial charge >= 0.3 is 0 Å². The van der Waals surface area contributed by atoms with Crippen molar-refractivity contribution in [2.24, 2.45) is 5.92 Å². The van der Waals surface area contributed by atoms with E-state index < -0.39 is 5.54 Å². The summed E-state index contributed by atoms with van der Waals surface area (Å²) in [5.41, 5.74) is -0.455. The largest absolute Gasteiger partial charge is 0.342 e. The molecule has 2 aliphatic heterocycles. The van der Waals surface area contributed by atoms with E-state index in [9.17, 15) is 9.59 Å². The Morgan fingerprint density at radius 3 is 2.89 bits per heavy atom. The van der Waals surface area contributed by atoms with E-state index in [1.165, 1.54) is 6.08 Å². The minimum Gasteiger partial charge on any atom is -0.342 e. The van der Waals surface area contributed by atoms with Gasteiger partial charge in [-0.05, 0) is 38.7 Å². The van der Waals surface area contributed by atoms with Crippen molar-refractivity contribution in [3.8, 4) is 0 Å². The van der Waals surface area contributed by atoms with Gasteiger partial charge in [-0.2, -0.15) is 0 Å². The van der Waals surface area contributed by atoms with Gasteiger partial charge in [0.25, 0.3) is 0 Å². The molecule has 1 fully saturated rings. The third-order valence-corrected chi connectivity index (χ3v) is 3.96. The Kier molecular flexibility index (Phi) is 3.52. The number of hydrogen-bond acceptors (Lipinski definition) is 3. The summed E-state index contributed by atoms with van der Waals surface area (Å²) in [5.74, 6) is 0.910. The highest BCUT2D eigenvalue weighted by Gasteiger charge is 2.50. The molecule has 2 atom stereocenters. The highest BCUT2D eigenvalue weighted by atomic mass is 16.2. The zero-order chi connectivity index (χ0) is 14.2. The summed E-state index contributed by atoms with van der Waals surface area (Å²) >= 11 is 0. The molecule has 4 nitrogen and oxygen atoms in total. The number of carbonyl (C=O) groups excluding carboxylic acids is 2. The van der Waals surface area contributed by atoms with Gasteiger partial charge in [-0.15, -0.1) is 0 Å². The molecule has 0 bridgehead atoms. The van der Waals surface area contributed by atoms with Crippen LogP contribution in [0.4, 0.5) is 0 Å². The molecule has 2 rings (SSSR count). The van der Waals surface area contributed by atoms with E-state index in [4.69, 9.17) is 0 Å². The third kappa shape index (κ3) is 2.44. The van der Waals surface area contributed by atoms with Crippen molar-refractivity contribution < 1.29 is 9.59 Å². The first-order valence-electron chi connectivity index (χ1n) is 6.89. The van der Waals surface area contributed by atoms with Gasteiger partial charge in [0.1, 0.15) is 11.4 Å². The Morgan fingerprint density at radius 2 is 2.26 bits per heavy atom. The maximum absolute atomic E-state index is 12.1. The van der Waals surface area contributed by atoms with Gasteiger partial charge in [0.15, 0.2) is 5.78 Å². The summed E-state index contributed by atoms with van der Waals surface area (Å²) in [5, 5.41) is 2.83. The van der Waals surface area contributed by atoms with E-state index in [1.54, 1.807) is 6.08 Å². The van der Waals surface area contributed by atoms with Crippen LogP contribution in [0.15, 0.2) is 24.0 Å². The molecule has 104 valence electrons. The quantitative estimate of drug-likeness (QED) is 0.791. The number of ketones is 1. The van der Waals surface area contributed by atoms with Crippen LogP contribution in [0.3, 0.4) is 0 Å². The summed E-state index contributed by atoms with van der Waals surface area (Å²) < 4.78 is 0. The molecule has 0 unspecified atom stereocenters. The van der Waals surface area contributed by atoms with Crippen molar-refractivity contribution in [1.82, 2.24) is 10.2 Å². The molecule has 0 aromatic rings. The van der Waals surface area contributed by atoms with Gasteiger partial charge in [-0.3, -0.25) is 9.59 Å². The summed E-state index contributed by atoms with van der Waals surface area (Å²) in [4.78, 5) is 26.0. The van der Waals surface area contributed by atoms with Crippen LogP contribution in [-0.4, -0.2) is 28.2 Å². The molecule has 0 saturated carbocycles. The van der Waals surface area contributed by atoms with Crippen LogP contribution in [0.2, 0.25) is 0 Å². The lowest BCUT2D eigenvalue weighted by Gasteiger charge is -2.33. The number of fused-ring (bicyclic) bond motifs is 1. The molecule has 0 aliphatic carbocycles. The van der Waals surface area contributed by atoms with Gasteiger partial charge in [0.05, 0.1) is 0 Å². The normalized spacial score (nSPS) is 30.2. The van der Waals surface area contributed by atoms with Crippen LogP contribution >= 0.6 is 0 Å². The molecule has 1 N–H and O–H groups in total. The minimum atomic E-state index is -0.455. The first kappa shape index (κ1) is 13.8. The van der Waals surface area contributed by atoms with Crippen LogP contribution in [0.1, 0.15) is 40.5 Å². The van der Waals surface area contributed by atoms with Crippen LogP contribution in [0.25, 0.3) is 0 Å². The van der Waals surface area contributed by atoms with Gasteiger partial charge in [-0.25, -0.2) is 0 Å². The molecule has 4 heteroatoms. The predicted molar refractivity (Wildman–Crippen MR) is 74.2 cm³/mol. The fraction of sp³-hybridized carbons (Fsp3) is 0.600. The number of hydrogen-bond donors (Lipinski definition) is 1. The standard InChI is InChI=1S/C15H22N2O2/c1-10(2)5-6-14(19)16-13-9-12(18)15(4)8-7-11(3)17(13)15/h5-6,9-11H,7-8H2,1-4H3,(H,16,19)/b6-5+/t11-,15-/m0/s1. The van der Waals surface area contributed by atoms with Crippen LogP contribution < -0.4 is 5.32 Å². The Labute approximate surface area is 114 Å². The molecule has 0 radical (unpaired) electrons. The lowest BCUT2D eigenvalue weighted by Crippen LogP contribution is -2.46. The maximum Gasteiger partial charge on any atom is 0.249 e. The molecular weight excluding hydrogens is 240 g/mol. The summed E-state index contributed by atoms with van der Waals surface area (Å²) in [6.07, 6.45) is 6.78. The molecule has 0 aromatic heterocycles. The van der Waals surface area contributed by atoms with Crippen molar-refractivity contribution in [1.29, 1.82) is 0 Å². The Balaban J connectivity index is 2.11. The van der Waals surface area contributed by atoms with Gasteiger partial charge < -0.3 is 10.2 Å². The maximum atomic E-state index is 12.1. The van der Waals surface area contributed by atoms with Crippen LogP contribution in [0.5, 0.6) is 0 Å². The number of allylic oxidation sites excluding steroid dienone is 1. The highest BCUT2D eigenvalue weighted by molar-refractivity contribution is 6.02. The Morgan fingerprint density at radius 1 is 1.58 bits per heavy atom. The first-order valence-corrected chi connectivity index (χ1v) is 6.89. The van der Waals surface area contributed by atoms with Gasteiger partial charge in [0.2, 0.25) is 5.91 Å². The third-order valence-electron chi connectivity index (χ3n) is 3.96. The lowest BCUT2D eigenvalue weighted by molar-refractivity contribution is -0.122. The smallest absolute Gasteiger partial charge is 0.249 e. The van der Waals surface area contributed by atoms with Crippen LogP contribution in [0, 0.1) is 5.92 Å². The molecule has 1 saturated heterocycles. The number of nitrogens with zero attached hydrogens (tertiary/aromatic N) is 1. The van der Waals surface area contributed by atoms with Crippen LogP contribution in [-0.2, 0) is 9.59 Å². The van der Waals surface area contributed by atoms with E-state index in [1.807, 2.05) is 26.8 Å². The van der Waals surface area contributed by atoms with Gasteiger partial charge in [-0.1, -0.05) is 19.9 Å². The molecular formula is C15H22N2O2. The van der Waals surface area contributed by atoms with Crippen molar-refractivity contribution in [2.75, 3.05) is 0 Å². The molecule has 2 heterocycles. The Bertz CT molecular complexity index is 465. The number of carbonyl (C=O) groups is 2. The van der Waals surface area contributed by atoms with Crippen molar-refractivity contribution >= 4 is 11.7 Å². The first-order chi connectivity index (χ1) is 8.84.